The summed E-state index contributed by atoms with van der Waals surface area (Å²) in [5, 5.41) is 15.7. The van der Waals surface area contributed by atoms with Gasteiger partial charge >= 0.3 is 6.03 Å². The van der Waals surface area contributed by atoms with Crippen LogP contribution in [-0.4, -0.2) is 70.8 Å². The lowest BCUT2D eigenvalue weighted by atomic mass is 9.47. The van der Waals surface area contributed by atoms with Gasteiger partial charge in [-0.25, -0.2) is 4.79 Å². The van der Waals surface area contributed by atoms with Gasteiger partial charge in [-0.05, 0) is 75.8 Å². The zero-order valence-corrected chi connectivity index (χ0v) is 18.0. The van der Waals surface area contributed by atoms with E-state index in [2.05, 4.69) is 17.4 Å². The van der Waals surface area contributed by atoms with Gasteiger partial charge in [0.15, 0.2) is 0 Å². The number of piperidine rings is 1. The molecule has 2 bridgehead atoms. The Morgan fingerprint density at radius 3 is 2.70 bits per heavy atom. The Bertz CT molecular complexity index is 920. The summed E-state index contributed by atoms with van der Waals surface area (Å²) < 4.78 is 5.52. The van der Waals surface area contributed by atoms with Crippen LogP contribution in [0.2, 0.25) is 0 Å². The molecule has 7 nitrogen and oxygen atoms in total. The number of carbonyl (C=O) groups excluding carboxylic acids is 2. The molecule has 2 N–H and O–H groups in total. The summed E-state index contributed by atoms with van der Waals surface area (Å²) in [4.78, 5) is 29.8. The van der Waals surface area contributed by atoms with Gasteiger partial charge in [-0.3, -0.25) is 9.69 Å². The molecule has 0 unspecified atom stereocenters. The molecule has 1 saturated carbocycles. The van der Waals surface area contributed by atoms with E-state index in [1.807, 2.05) is 19.9 Å². The number of urea groups is 1. The second-order valence-electron chi connectivity index (χ2n) is 9.27. The molecule has 162 valence electrons. The van der Waals surface area contributed by atoms with Gasteiger partial charge in [0.05, 0.1) is 12.7 Å². The molecule has 3 fully saturated rings. The van der Waals surface area contributed by atoms with E-state index in [0.29, 0.717) is 32.4 Å². The van der Waals surface area contributed by atoms with Gasteiger partial charge in [0.1, 0.15) is 11.3 Å². The summed E-state index contributed by atoms with van der Waals surface area (Å²) in [5.74, 6) is 0.664. The van der Waals surface area contributed by atoms with Crippen LogP contribution in [-0.2, 0) is 16.6 Å². The molecule has 3 amide bonds. The highest BCUT2D eigenvalue weighted by Gasteiger charge is 2.70. The Balaban J connectivity index is 1.70. The molecule has 2 saturated heterocycles. The lowest BCUT2D eigenvalue weighted by Gasteiger charge is -2.64. The van der Waals surface area contributed by atoms with Crippen molar-refractivity contribution in [3.63, 3.8) is 0 Å². The normalized spacial score (nSPS) is 37.4. The van der Waals surface area contributed by atoms with Crippen LogP contribution >= 0.6 is 0 Å². The van der Waals surface area contributed by atoms with Crippen LogP contribution in [0.3, 0.4) is 0 Å². The number of hydrogen-bond acceptors (Lipinski definition) is 5. The van der Waals surface area contributed by atoms with Gasteiger partial charge in [0.2, 0.25) is 0 Å². The van der Waals surface area contributed by atoms with Crippen molar-refractivity contribution in [1.82, 2.24) is 15.1 Å². The molecule has 2 heterocycles. The van der Waals surface area contributed by atoms with Gasteiger partial charge < -0.3 is 20.1 Å². The number of aliphatic hydroxyl groups is 1. The Labute approximate surface area is 177 Å². The summed E-state index contributed by atoms with van der Waals surface area (Å²) in [6.45, 7) is 5.44. The summed E-state index contributed by atoms with van der Waals surface area (Å²) in [7, 11) is 1.65. The molecule has 0 aromatic heterocycles. The molecule has 2 aliphatic carbocycles. The fraction of sp³-hybridized carbons (Fsp3) is 0.652. The van der Waals surface area contributed by atoms with E-state index in [1.54, 1.807) is 12.0 Å². The van der Waals surface area contributed by atoms with Crippen molar-refractivity contribution >= 4 is 11.9 Å². The monoisotopic (exact) mass is 413 g/mol. The zero-order chi connectivity index (χ0) is 21.3. The number of nitrogens with zero attached hydrogens (tertiary/aromatic N) is 2. The van der Waals surface area contributed by atoms with E-state index in [1.165, 1.54) is 10.5 Å². The van der Waals surface area contributed by atoms with Crippen molar-refractivity contribution in [2.24, 2.45) is 0 Å². The second kappa shape index (κ2) is 6.44. The smallest absolute Gasteiger partial charge is 0.327 e. The molecule has 5 rings (SSSR count). The quantitative estimate of drug-likeness (QED) is 0.739. The number of carbonyl (C=O) groups is 2. The lowest BCUT2D eigenvalue weighted by Crippen LogP contribution is -2.76. The molecule has 1 aromatic carbocycles. The van der Waals surface area contributed by atoms with E-state index in [-0.39, 0.29) is 18.0 Å². The van der Waals surface area contributed by atoms with Crippen LogP contribution in [0.1, 0.15) is 50.7 Å². The number of amides is 3. The molecule has 4 aliphatic rings. The first-order chi connectivity index (χ1) is 14.4. The van der Waals surface area contributed by atoms with Crippen molar-refractivity contribution < 1.29 is 19.4 Å². The number of fused-ring (bicyclic) bond motifs is 1. The van der Waals surface area contributed by atoms with E-state index < -0.39 is 16.6 Å². The molecule has 1 aromatic rings. The van der Waals surface area contributed by atoms with Crippen LogP contribution in [0.15, 0.2) is 18.2 Å². The summed E-state index contributed by atoms with van der Waals surface area (Å²) in [6, 6.07) is 5.87. The molecule has 7 heteroatoms. The molecular weight excluding hydrogens is 382 g/mol. The van der Waals surface area contributed by atoms with Gasteiger partial charge in [0, 0.05) is 24.5 Å². The van der Waals surface area contributed by atoms with E-state index in [4.69, 9.17) is 4.74 Å². The van der Waals surface area contributed by atoms with Crippen molar-refractivity contribution in [1.29, 1.82) is 0 Å². The highest BCUT2D eigenvalue weighted by molar-refractivity contribution is 6.07. The third-order valence-corrected chi connectivity index (χ3v) is 8.37. The van der Waals surface area contributed by atoms with E-state index in [9.17, 15) is 14.7 Å². The van der Waals surface area contributed by atoms with Crippen LogP contribution < -0.4 is 10.1 Å². The van der Waals surface area contributed by atoms with Crippen molar-refractivity contribution in [3.8, 4) is 5.75 Å². The zero-order valence-electron chi connectivity index (χ0n) is 18.0. The first kappa shape index (κ1) is 19.8. The number of likely N-dealkylation sites (N-methyl/N-ethyl adjacent to an activating group) is 2. The minimum absolute atomic E-state index is 0.0472. The Morgan fingerprint density at radius 1 is 1.20 bits per heavy atom. The van der Waals surface area contributed by atoms with Crippen LogP contribution in [0.4, 0.5) is 4.79 Å². The SMILES string of the molecule is CCN1C(=O)N(CC)[C@]2(CC[C@@]3(O)[C@H]4Cc5ccc(OC)cc5[C@@]3(CCN4)C2)C1=O. The van der Waals surface area contributed by atoms with Gasteiger partial charge in [-0.2, -0.15) is 0 Å². The largest absolute Gasteiger partial charge is 0.497 e. The fourth-order valence-corrected chi connectivity index (χ4v) is 6.96. The Hall–Kier alpha value is -2.12. The van der Waals surface area contributed by atoms with Gasteiger partial charge in [-0.15, -0.1) is 0 Å². The summed E-state index contributed by atoms with van der Waals surface area (Å²) in [5.41, 5.74) is -0.128. The average Bonchev–Trinajstić information content (AvgIpc) is 2.93. The van der Waals surface area contributed by atoms with Crippen molar-refractivity contribution in [2.75, 3.05) is 26.7 Å². The number of hydrogen-bond donors (Lipinski definition) is 2. The summed E-state index contributed by atoms with van der Waals surface area (Å²) >= 11 is 0. The third kappa shape index (κ3) is 2.17. The molecule has 0 radical (unpaired) electrons. The molecule has 4 atom stereocenters. The predicted octanol–water partition coefficient (Wildman–Crippen LogP) is 1.81. The maximum Gasteiger partial charge on any atom is 0.327 e. The minimum atomic E-state index is -0.946. The summed E-state index contributed by atoms with van der Waals surface area (Å²) in [6.07, 6.45) is 2.94. The molecule has 2 aliphatic heterocycles. The standard InChI is InChI=1S/C23H31N3O4/c1-4-25-19(27)22(26(5-2)20(25)28)8-9-23(29)18-12-15-6-7-16(30-3)13-17(15)21(23,14-22)10-11-24-18/h6-7,13,18,24,29H,4-5,8-12,14H2,1-3H3/t18-,21-,22+,23-/m1/s1. The average molecular weight is 414 g/mol. The number of imide groups is 1. The van der Waals surface area contributed by atoms with Crippen LogP contribution in [0.25, 0.3) is 0 Å². The molecule has 30 heavy (non-hydrogen) atoms. The van der Waals surface area contributed by atoms with Gasteiger partial charge in [0.25, 0.3) is 5.91 Å². The predicted molar refractivity (Wildman–Crippen MR) is 111 cm³/mol. The van der Waals surface area contributed by atoms with Crippen molar-refractivity contribution in [3.05, 3.63) is 29.3 Å². The topological polar surface area (TPSA) is 82.1 Å². The molecular formula is C23H31N3O4. The number of benzene rings is 1. The van der Waals surface area contributed by atoms with Gasteiger partial charge in [-0.1, -0.05) is 6.07 Å². The number of rotatable bonds is 3. The van der Waals surface area contributed by atoms with E-state index in [0.717, 1.165) is 30.7 Å². The first-order valence-corrected chi connectivity index (χ1v) is 11.1. The number of nitrogens with one attached hydrogen (secondary N) is 1. The third-order valence-electron chi connectivity index (χ3n) is 8.37. The highest BCUT2D eigenvalue weighted by Crippen LogP contribution is 2.61. The van der Waals surface area contributed by atoms with Crippen molar-refractivity contribution in [2.45, 2.75) is 68.5 Å². The lowest BCUT2D eigenvalue weighted by molar-refractivity contribution is -0.163. The highest BCUT2D eigenvalue weighted by atomic mass is 16.5. The number of ether oxygens (including phenoxy) is 1. The molecule has 1 spiro atoms. The second-order valence-corrected chi connectivity index (χ2v) is 9.27. The maximum absolute atomic E-state index is 13.6. The van der Waals surface area contributed by atoms with Crippen LogP contribution in [0, 0.1) is 0 Å². The minimum Gasteiger partial charge on any atom is -0.497 e. The number of methoxy groups -OCH3 is 1. The fourth-order valence-electron chi connectivity index (χ4n) is 6.96. The first-order valence-electron chi connectivity index (χ1n) is 11.1. The van der Waals surface area contributed by atoms with E-state index >= 15 is 0 Å². The maximum atomic E-state index is 13.6. The Morgan fingerprint density at radius 2 is 2.00 bits per heavy atom. The Kier molecular flexibility index (Phi) is 4.25. The van der Waals surface area contributed by atoms with Crippen LogP contribution in [0.5, 0.6) is 5.75 Å².